The van der Waals surface area contributed by atoms with E-state index in [2.05, 4.69) is 17.1 Å². The Kier molecular flexibility index (Phi) is 8.47. The van der Waals surface area contributed by atoms with Crippen molar-refractivity contribution < 1.29 is 14.3 Å². The number of primary amides is 1. The summed E-state index contributed by atoms with van der Waals surface area (Å²) in [4.78, 5) is 33.0. The van der Waals surface area contributed by atoms with Crippen LogP contribution in [0.4, 0.5) is 5.82 Å². The van der Waals surface area contributed by atoms with Gasteiger partial charge >= 0.3 is 0 Å². The second-order valence-corrected chi connectivity index (χ2v) is 8.80. The fraction of sp³-hybridized carbons (Fsp3) is 0.375. The molecule has 2 amide bonds. The van der Waals surface area contributed by atoms with Gasteiger partial charge in [-0.15, -0.1) is 0 Å². The summed E-state index contributed by atoms with van der Waals surface area (Å²) in [6.07, 6.45) is 0.409. The van der Waals surface area contributed by atoms with Crippen molar-refractivity contribution in [2.75, 3.05) is 44.8 Å². The van der Waals surface area contributed by atoms with Crippen molar-refractivity contribution >= 4 is 29.4 Å². The van der Waals surface area contributed by atoms with Gasteiger partial charge in [-0.25, -0.2) is 4.98 Å². The number of benzene rings is 1. The van der Waals surface area contributed by atoms with Gasteiger partial charge < -0.3 is 20.3 Å². The zero-order valence-corrected chi connectivity index (χ0v) is 20.0. The molecule has 1 aromatic carbocycles. The van der Waals surface area contributed by atoms with Gasteiger partial charge in [0.25, 0.3) is 0 Å². The Morgan fingerprint density at radius 2 is 1.85 bits per heavy atom. The highest BCUT2D eigenvalue weighted by Crippen LogP contribution is 2.39. The first-order valence-electron chi connectivity index (χ1n) is 10.9. The van der Waals surface area contributed by atoms with Crippen LogP contribution in [-0.2, 0) is 20.7 Å². The number of hydrogen-bond donors (Lipinski definition) is 1. The number of nitriles is 2. The van der Waals surface area contributed by atoms with Gasteiger partial charge in [-0.05, 0) is 17.5 Å². The maximum atomic E-state index is 12.8. The van der Waals surface area contributed by atoms with E-state index in [1.807, 2.05) is 13.0 Å². The van der Waals surface area contributed by atoms with Gasteiger partial charge in [-0.3, -0.25) is 9.59 Å². The molecule has 0 saturated carbocycles. The molecule has 1 fully saturated rings. The van der Waals surface area contributed by atoms with Crippen molar-refractivity contribution in [3.05, 3.63) is 52.6 Å². The summed E-state index contributed by atoms with van der Waals surface area (Å²) in [6.45, 7) is 3.86. The third kappa shape index (κ3) is 5.48. The smallest absolute Gasteiger partial charge is 0.242 e. The standard InChI is InChI=1S/C24H26N6O3S/c1-3-17-18(13-25)23(29(2)15-20(31)30-9-11-33-12-10-30)28-24(19(17)14-26)34-21(22(27)32)16-7-5-4-6-8-16/h4-8,21H,3,9-12,15H2,1-2H3,(H2,27,32). The number of amides is 2. The molecule has 10 heteroatoms. The van der Waals surface area contributed by atoms with Gasteiger partial charge in [-0.1, -0.05) is 49.0 Å². The Morgan fingerprint density at radius 3 is 2.41 bits per heavy atom. The Bertz CT molecular complexity index is 1140. The van der Waals surface area contributed by atoms with Gasteiger partial charge in [0.15, 0.2) is 0 Å². The average molecular weight is 479 g/mol. The quantitative estimate of drug-likeness (QED) is 0.569. The number of aromatic nitrogens is 1. The first kappa shape index (κ1) is 25.0. The number of likely N-dealkylation sites (N-methyl/N-ethyl adjacent to an activating group) is 1. The molecule has 0 bridgehead atoms. The summed E-state index contributed by atoms with van der Waals surface area (Å²) in [7, 11) is 1.68. The van der Waals surface area contributed by atoms with Gasteiger partial charge in [0, 0.05) is 20.1 Å². The lowest BCUT2D eigenvalue weighted by molar-refractivity contribution is -0.133. The third-order valence-electron chi connectivity index (χ3n) is 5.51. The van der Waals surface area contributed by atoms with E-state index in [9.17, 15) is 20.1 Å². The van der Waals surface area contributed by atoms with Gasteiger partial charge in [0.05, 0.1) is 30.9 Å². The average Bonchev–Trinajstić information content (AvgIpc) is 2.86. The molecule has 0 spiro atoms. The lowest BCUT2D eigenvalue weighted by atomic mass is 10.0. The van der Waals surface area contributed by atoms with Crippen molar-refractivity contribution in [3.8, 4) is 12.1 Å². The van der Waals surface area contributed by atoms with Crippen molar-refractivity contribution in [1.82, 2.24) is 9.88 Å². The fourth-order valence-corrected chi connectivity index (χ4v) is 4.82. The van der Waals surface area contributed by atoms with Crippen LogP contribution in [0.1, 0.15) is 34.4 Å². The minimum atomic E-state index is -0.772. The first-order valence-corrected chi connectivity index (χ1v) is 11.7. The summed E-state index contributed by atoms with van der Waals surface area (Å²) in [6, 6.07) is 13.3. The van der Waals surface area contributed by atoms with Crippen LogP contribution < -0.4 is 10.6 Å². The highest BCUT2D eigenvalue weighted by molar-refractivity contribution is 8.00. The van der Waals surface area contributed by atoms with Crippen molar-refractivity contribution in [3.63, 3.8) is 0 Å². The molecule has 176 valence electrons. The largest absolute Gasteiger partial charge is 0.378 e. The number of anilines is 1. The van der Waals surface area contributed by atoms with E-state index in [1.165, 1.54) is 0 Å². The SMILES string of the molecule is CCc1c(C#N)c(SC(C(N)=O)c2ccccc2)nc(N(C)CC(=O)N2CCOCC2)c1C#N. The number of ether oxygens (including phenoxy) is 1. The molecule has 1 aliphatic heterocycles. The van der Waals surface area contributed by atoms with E-state index in [4.69, 9.17) is 10.5 Å². The summed E-state index contributed by atoms with van der Waals surface area (Å²) in [5.74, 6) is -0.382. The molecule has 34 heavy (non-hydrogen) atoms. The maximum absolute atomic E-state index is 12.8. The molecular formula is C24H26N6O3S. The fourth-order valence-electron chi connectivity index (χ4n) is 3.77. The molecule has 1 atom stereocenters. The van der Waals surface area contributed by atoms with Crippen molar-refractivity contribution in [2.24, 2.45) is 5.73 Å². The second-order valence-electron chi connectivity index (χ2n) is 7.71. The van der Waals surface area contributed by atoms with Crippen LogP contribution in [0, 0.1) is 22.7 Å². The number of morpholine rings is 1. The second kappa shape index (κ2) is 11.5. The van der Waals surface area contributed by atoms with E-state index >= 15 is 0 Å². The number of carbonyl (C=O) groups is 2. The number of thioether (sulfide) groups is 1. The molecule has 1 saturated heterocycles. The minimum absolute atomic E-state index is 0.0127. The van der Waals surface area contributed by atoms with E-state index < -0.39 is 11.2 Å². The van der Waals surface area contributed by atoms with Crippen LogP contribution in [0.5, 0.6) is 0 Å². The van der Waals surface area contributed by atoms with E-state index in [0.29, 0.717) is 54.7 Å². The molecule has 9 nitrogen and oxygen atoms in total. The molecule has 0 radical (unpaired) electrons. The van der Waals surface area contributed by atoms with Gasteiger partial charge in [0.1, 0.15) is 28.2 Å². The number of carbonyl (C=O) groups excluding carboxylic acids is 2. The van der Waals surface area contributed by atoms with Crippen LogP contribution in [0.3, 0.4) is 0 Å². The lowest BCUT2D eigenvalue weighted by Crippen LogP contribution is -2.45. The predicted octanol–water partition coefficient (Wildman–Crippen LogP) is 2.00. The van der Waals surface area contributed by atoms with Crippen molar-refractivity contribution in [2.45, 2.75) is 23.6 Å². The van der Waals surface area contributed by atoms with E-state index in [0.717, 1.165) is 11.8 Å². The topological polar surface area (TPSA) is 136 Å². The molecule has 1 aromatic heterocycles. The zero-order valence-electron chi connectivity index (χ0n) is 19.2. The van der Waals surface area contributed by atoms with Crippen molar-refractivity contribution in [1.29, 1.82) is 10.5 Å². The first-order chi connectivity index (χ1) is 16.4. The van der Waals surface area contributed by atoms with Gasteiger partial charge in [-0.2, -0.15) is 10.5 Å². The van der Waals surface area contributed by atoms with E-state index in [-0.39, 0.29) is 23.6 Å². The number of nitrogens with two attached hydrogens (primary N) is 1. The molecule has 1 aliphatic rings. The number of hydrogen-bond acceptors (Lipinski definition) is 8. The zero-order chi connectivity index (χ0) is 24.7. The molecule has 2 N–H and O–H groups in total. The molecule has 2 heterocycles. The van der Waals surface area contributed by atoms with Crippen LogP contribution in [0.2, 0.25) is 0 Å². The highest BCUT2D eigenvalue weighted by Gasteiger charge is 2.28. The lowest BCUT2D eigenvalue weighted by Gasteiger charge is -2.29. The summed E-state index contributed by atoms with van der Waals surface area (Å²) < 4.78 is 5.31. The van der Waals surface area contributed by atoms with Crippen LogP contribution >= 0.6 is 11.8 Å². The van der Waals surface area contributed by atoms with Gasteiger partial charge in [0.2, 0.25) is 11.8 Å². The molecule has 1 unspecified atom stereocenters. The van der Waals surface area contributed by atoms with Crippen LogP contribution in [-0.4, -0.2) is 61.6 Å². The van der Waals surface area contributed by atoms with Crippen LogP contribution in [0.25, 0.3) is 0 Å². The summed E-state index contributed by atoms with van der Waals surface area (Å²) >= 11 is 1.07. The number of rotatable bonds is 8. The minimum Gasteiger partial charge on any atom is -0.378 e. The monoisotopic (exact) mass is 478 g/mol. The Hall–Kier alpha value is -3.60. The highest BCUT2D eigenvalue weighted by atomic mass is 32.2. The molecule has 0 aliphatic carbocycles. The summed E-state index contributed by atoms with van der Waals surface area (Å²) in [5.41, 5.74) is 7.39. The Labute approximate surface area is 203 Å². The number of pyridine rings is 1. The third-order valence-corrected chi connectivity index (χ3v) is 6.77. The maximum Gasteiger partial charge on any atom is 0.242 e. The Balaban J connectivity index is 2.02. The normalized spacial score (nSPS) is 14.1. The predicted molar refractivity (Wildman–Crippen MR) is 128 cm³/mol. The van der Waals surface area contributed by atoms with E-state index in [1.54, 1.807) is 41.1 Å². The summed E-state index contributed by atoms with van der Waals surface area (Å²) in [5, 5.41) is 19.3. The molecular weight excluding hydrogens is 452 g/mol. The number of nitrogens with zero attached hydrogens (tertiary/aromatic N) is 5. The van der Waals surface area contributed by atoms with Crippen LogP contribution in [0.15, 0.2) is 35.4 Å². The Morgan fingerprint density at radius 1 is 1.21 bits per heavy atom. The molecule has 3 rings (SSSR count). The molecule has 2 aromatic rings.